The topological polar surface area (TPSA) is 91.9 Å². The molecule has 1 atom stereocenters. The summed E-state index contributed by atoms with van der Waals surface area (Å²) in [4.78, 5) is 0.124. The number of aromatic nitrogens is 2. The number of nitrogens with zero attached hydrogens (tertiary/aromatic N) is 5. The smallest absolute Gasteiger partial charge is 0.285 e. The molecule has 2 aromatic rings. The summed E-state index contributed by atoms with van der Waals surface area (Å²) in [7, 11) is -3.85. The van der Waals surface area contributed by atoms with Crippen LogP contribution in [0.25, 0.3) is 5.69 Å². The molecule has 0 bridgehead atoms. The SMILES string of the molecule is CCN/C(=N\S(=O)(=O)c1ccc(-n2cccn2)cc1)N1CC(CC)C=N1. The molecule has 26 heavy (non-hydrogen) atoms. The van der Waals surface area contributed by atoms with Crippen LogP contribution in [0.4, 0.5) is 0 Å². The van der Waals surface area contributed by atoms with E-state index in [-0.39, 0.29) is 10.9 Å². The maximum absolute atomic E-state index is 12.7. The highest BCUT2D eigenvalue weighted by molar-refractivity contribution is 7.90. The molecule has 1 N–H and O–H groups in total. The predicted octanol–water partition coefficient (Wildman–Crippen LogP) is 1.85. The largest absolute Gasteiger partial charge is 0.354 e. The molecule has 0 saturated carbocycles. The van der Waals surface area contributed by atoms with Crippen LogP contribution in [0.5, 0.6) is 0 Å². The molecule has 8 nitrogen and oxygen atoms in total. The molecule has 3 rings (SSSR count). The van der Waals surface area contributed by atoms with Crippen molar-refractivity contribution in [2.45, 2.75) is 25.2 Å². The highest BCUT2D eigenvalue weighted by Gasteiger charge is 2.23. The number of hydrogen-bond donors (Lipinski definition) is 1. The Hall–Kier alpha value is -2.68. The fraction of sp³-hybridized carbons (Fsp3) is 0.353. The lowest BCUT2D eigenvalue weighted by Crippen LogP contribution is -2.38. The zero-order valence-corrected chi connectivity index (χ0v) is 15.6. The van der Waals surface area contributed by atoms with Gasteiger partial charge in [0, 0.05) is 31.1 Å². The molecule has 1 unspecified atom stereocenters. The van der Waals surface area contributed by atoms with E-state index >= 15 is 0 Å². The summed E-state index contributed by atoms with van der Waals surface area (Å²) in [5.41, 5.74) is 0.778. The van der Waals surface area contributed by atoms with Crippen LogP contribution in [0.3, 0.4) is 0 Å². The molecule has 0 radical (unpaired) electrons. The van der Waals surface area contributed by atoms with E-state index in [4.69, 9.17) is 0 Å². The number of rotatable bonds is 5. The van der Waals surface area contributed by atoms with E-state index in [0.717, 1.165) is 12.1 Å². The van der Waals surface area contributed by atoms with Gasteiger partial charge in [-0.15, -0.1) is 4.40 Å². The van der Waals surface area contributed by atoms with Crippen LogP contribution >= 0.6 is 0 Å². The van der Waals surface area contributed by atoms with Gasteiger partial charge in [0.05, 0.1) is 17.1 Å². The van der Waals surface area contributed by atoms with Gasteiger partial charge in [-0.25, -0.2) is 9.69 Å². The molecular formula is C17H22N6O2S. The minimum atomic E-state index is -3.85. The van der Waals surface area contributed by atoms with Gasteiger partial charge >= 0.3 is 0 Å². The molecule has 0 amide bonds. The zero-order chi connectivity index (χ0) is 18.6. The van der Waals surface area contributed by atoms with Crippen molar-refractivity contribution >= 4 is 22.2 Å². The molecule has 138 valence electrons. The second kappa shape index (κ2) is 7.69. The van der Waals surface area contributed by atoms with E-state index in [2.05, 4.69) is 26.8 Å². The van der Waals surface area contributed by atoms with E-state index in [0.29, 0.717) is 19.0 Å². The molecule has 9 heteroatoms. The van der Waals surface area contributed by atoms with Crippen molar-refractivity contribution in [3.63, 3.8) is 0 Å². The van der Waals surface area contributed by atoms with E-state index in [1.165, 1.54) is 12.1 Å². The number of benzene rings is 1. The van der Waals surface area contributed by atoms with Crippen molar-refractivity contribution in [1.29, 1.82) is 0 Å². The van der Waals surface area contributed by atoms with E-state index in [1.807, 2.05) is 13.1 Å². The lowest BCUT2D eigenvalue weighted by Gasteiger charge is -2.18. The molecule has 1 aromatic heterocycles. The highest BCUT2D eigenvalue weighted by Crippen LogP contribution is 2.17. The van der Waals surface area contributed by atoms with Gasteiger partial charge < -0.3 is 5.32 Å². The first-order chi connectivity index (χ1) is 12.5. The third-order valence-electron chi connectivity index (χ3n) is 4.04. The predicted molar refractivity (Wildman–Crippen MR) is 101 cm³/mol. The van der Waals surface area contributed by atoms with Crippen LogP contribution in [0.1, 0.15) is 20.3 Å². The Morgan fingerprint density at radius 1 is 1.31 bits per heavy atom. The Kier molecular flexibility index (Phi) is 5.36. The van der Waals surface area contributed by atoms with Crippen molar-refractivity contribution in [3.8, 4) is 5.69 Å². The standard InChI is InChI=1S/C17H22N6O2S/c1-3-14-12-20-23(13-14)17(18-4-2)21-26(24,25)16-8-6-15(7-9-16)22-11-5-10-19-22/h5-12,14H,3-4,13H2,1-2H3,(H,18,21). The molecule has 2 heterocycles. The fourth-order valence-electron chi connectivity index (χ4n) is 2.55. The quantitative estimate of drug-likeness (QED) is 0.637. The van der Waals surface area contributed by atoms with Gasteiger partial charge in [-0.1, -0.05) is 6.92 Å². The van der Waals surface area contributed by atoms with Gasteiger partial charge in [0.2, 0.25) is 5.96 Å². The lowest BCUT2D eigenvalue weighted by molar-refractivity contribution is 0.426. The number of sulfonamides is 1. The van der Waals surface area contributed by atoms with Crippen LogP contribution in [0.15, 0.2) is 57.1 Å². The van der Waals surface area contributed by atoms with Crippen LogP contribution in [-0.4, -0.2) is 48.5 Å². The lowest BCUT2D eigenvalue weighted by atomic mass is 10.1. The molecule has 0 fully saturated rings. The van der Waals surface area contributed by atoms with Gasteiger partial charge in [0.15, 0.2) is 0 Å². The second-order valence-electron chi connectivity index (χ2n) is 5.88. The number of guanidine groups is 1. The average Bonchev–Trinajstić information content (AvgIpc) is 3.33. The first-order valence-corrected chi connectivity index (χ1v) is 9.98. The first-order valence-electron chi connectivity index (χ1n) is 8.54. The maximum atomic E-state index is 12.7. The van der Waals surface area contributed by atoms with Gasteiger partial charge in [0.25, 0.3) is 10.0 Å². The number of hydrogen-bond acceptors (Lipinski definition) is 4. The van der Waals surface area contributed by atoms with Crippen molar-refractivity contribution in [2.75, 3.05) is 13.1 Å². The molecule has 0 aliphatic carbocycles. The molecular weight excluding hydrogens is 352 g/mol. The van der Waals surface area contributed by atoms with Crippen molar-refractivity contribution in [3.05, 3.63) is 42.7 Å². The Morgan fingerprint density at radius 3 is 2.65 bits per heavy atom. The van der Waals surface area contributed by atoms with Crippen molar-refractivity contribution < 1.29 is 8.42 Å². The fourth-order valence-corrected chi connectivity index (χ4v) is 3.53. The normalized spacial score (nSPS) is 17.7. The van der Waals surface area contributed by atoms with Gasteiger partial charge in [-0.05, 0) is 43.7 Å². The minimum absolute atomic E-state index is 0.124. The number of nitrogens with one attached hydrogen (secondary N) is 1. The van der Waals surface area contributed by atoms with Crippen LogP contribution in [-0.2, 0) is 10.0 Å². The van der Waals surface area contributed by atoms with Crippen molar-refractivity contribution in [1.82, 2.24) is 20.1 Å². The minimum Gasteiger partial charge on any atom is -0.354 e. The third-order valence-corrected chi connectivity index (χ3v) is 5.32. The van der Waals surface area contributed by atoms with Gasteiger partial charge in [0.1, 0.15) is 0 Å². The summed E-state index contributed by atoms with van der Waals surface area (Å²) in [6, 6.07) is 8.26. The van der Waals surface area contributed by atoms with E-state index in [1.54, 1.807) is 40.3 Å². The van der Waals surface area contributed by atoms with Crippen LogP contribution in [0, 0.1) is 5.92 Å². The van der Waals surface area contributed by atoms with E-state index < -0.39 is 10.0 Å². The van der Waals surface area contributed by atoms with E-state index in [9.17, 15) is 8.42 Å². The second-order valence-corrected chi connectivity index (χ2v) is 7.48. The van der Waals surface area contributed by atoms with Gasteiger partial charge in [-0.3, -0.25) is 0 Å². The summed E-state index contributed by atoms with van der Waals surface area (Å²) < 4.78 is 31.0. The number of hydrazone groups is 1. The molecule has 0 saturated heterocycles. The molecule has 1 aliphatic heterocycles. The Morgan fingerprint density at radius 2 is 2.08 bits per heavy atom. The van der Waals surface area contributed by atoms with Crippen LogP contribution in [0.2, 0.25) is 0 Å². The monoisotopic (exact) mass is 374 g/mol. The summed E-state index contributed by atoms with van der Waals surface area (Å²) in [5, 5.41) is 13.0. The summed E-state index contributed by atoms with van der Waals surface area (Å²) in [5.74, 6) is 0.547. The summed E-state index contributed by atoms with van der Waals surface area (Å²) in [6.07, 6.45) is 6.23. The third kappa shape index (κ3) is 3.93. The zero-order valence-electron chi connectivity index (χ0n) is 14.8. The maximum Gasteiger partial charge on any atom is 0.285 e. The summed E-state index contributed by atoms with van der Waals surface area (Å²) in [6.45, 7) is 5.13. The van der Waals surface area contributed by atoms with Gasteiger partial charge in [-0.2, -0.15) is 18.6 Å². The Balaban J connectivity index is 1.85. The Labute approximate surface area is 153 Å². The molecule has 0 spiro atoms. The summed E-state index contributed by atoms with van der Waals surface area (Å²) >= 11 is 0. The Bertz CT molecular complexity index is 888. The molecule has 1 aromatic carbocycles. The first kappa shape index (κ1) is 18.1. The van der Waals surface area contributed by atoms with Crippen molar-refractivity contribution in [2.24, 2.45) is 15.4 Å². The molecule has 1 aliphatic rings. The highest BCUT2D eigenvalue weighted by atomic mass is 32.2. The van der Waals surface area contributed by atoms with Crippen LogP contribution < -0.4 is 5.32 Å². The average molecular weight is 374 g/mol.